The van der Waals surface area contributed by atoms with Gasteiger partial charge >= 0.3 is 5.97 Å². The van der Waals surface area contributed by atoms with Crippen molar-refractivity contribution in [2.24, 2.45) is 0 Å². The Morgan fingerprint density at radius 2 is 2.26 bits per heavy atom. The maximum atomic E-state index is 11.4. The van der Waals surface area contributed by atoms with Gasteiger partial charge in [-0.1, -0.05) is 12.1 Å². The molecule has 2 N–H and O–H groups in total. The molecule has 162 valence electrons. The maximum absolute atomic E-state index is 11.4. The summed E-state index contributed by atoms with van der Waals surface area (Å²) >= 11 is 1.52. The average molecular weight is 439 g/mol. The molecule has 4 rings (SSSR count). The van der Waals surface area contributed by atoms with Crippen molar-refractivity contribution in [1.82, 2.24) is 15.0 Å². The summed E-state index contributed by atoms with van der Waals surface area (Å²) < 4.78 is 5.10. The van der Waals surface area contributed by atoms with Gasteiger partial charge in [0.25, 0.3) is 0 Å². The van der Waals surface area contributed by atoms with Gasteiger partial charge in [-0.2, -0.15) is 0 Å². The monoisotopic (exact) mass is 438 g/mol. The number of hydrogen-bond acceptors (Lipinski definition) is 7. The second-order valence-electron chi connectivity index (χ2n) is 7.74. The van der Waals surface area contributed by atoms with Gasteiger partial charge in [-0.05, 0) is 49.3 Å². The van der Waals surface area contributed by atoms with Crippen molar-refractivity contribution in [3.63, 3.8) is 0 Å². The van der Waals surface area contributed by atoms with Crippen LogP contribution in [0.3, 0.4) is 0 Å². The summed E-state index contributed by atoms with van der Waals surface area (Å²) in [5.74, 6) is 0.359. The molecule has 0 saturated carbocycles. The van der Waals surface area contributed by atoms with Gasteiger partial charge in [-0.25, -0.2) is 15.0 Å². The van der Waals surface area contributed by atoms with Crippen LogP contribution < -0.4 is 10.1 Å². The minimum absolute atomic E-state index is 0.0145. The zero-order chi connectivity index (χ0) is 21.6. The van der Waals surface area contributed by atoms with E-state index in [0.29, 0.717) is 11.9 Å². The largest absolute Gasteiger partial charge is 0.481 e. The van der Waals surface area contributed by atoms with Crippen molar-refractivity contribution < 1.29 is 14.6 Å². The number of aromatic nitrogens is 3. The van der Waals surface area contributed by atoms with Gasteiger partial charge in [0, 0.05) is 35.8 Å². The molecule has 2 atom stereocenters. The second kappa shape index (κ2) is 9.87. The molecule has 0 unspecified atom stereocenters. The Bertz CT molecular complexity index is 1020. The number of methoxy groups -OCH3 is 1. The van der Waals surface area contributed by atoms with Crippen LogP contribution in [0.5, 0.6) is 5.88 Å². The molecular weight excluding hydrogens is 412 g/mol. The molecule has 31 heavy (non-hydrogen) atoms. The number of carboxylic acids is 1. The third-order valence-corrected chi connectivity index (χ3v) is 6.60. The summed E-state index contributed by atoms with van der Waals surface area (Å²) in [5.41, 5.74) is 3.15. The predicted molar refractivity (Wildman–Crippen MR) is 120 cm³/mol. The van der Waals surface area contributed by atoms with Crippen molar-refractivity contribution >= 4 is 23.1 Å². The fourth-order valence-corrected chi connectivity index (χ4v) is 4.93. The Labute approximate surface area is 185 Å². The lowest BCUT2D eigenvalue weighted by molar-refractivity contribution is -0.137. The van der Waals surface area contributed by atoms with Gasteiger partial charge in [0.2, 0.25) is 5.88 Å². The quantitative estimate of drug-likeness (QED) is 0.514. The van der Waals surface area contributed by atoms with Crippen LogP contribution in [0.1, 0.15) is 53.4 Å². The molecule has 7 nitrogen and oxygen atoms in total. The van der Waals surface area contributed by atoms with Crippen molar-refractivity contribution in [1.29, 1.82) is 0 Å². The Hall–Kier alpha value is -3.00. The Balaban J connectivity index is 1.36. The van der Waals surface area contributed by atoms with Crippen LogP contribution in [0.2, 0.25) is 0 Å². The van der Waals surface area contributed by atoms with Crippen LogP contribution >= 0.6 is 11.3 Å². The minimum Gasteiger partial charge on any atom is -0.481 e. The van der Waals surface area contributed by atoms with Gasteiger partial charge in [0.15, 0.2) is 0 Å². The first-order chi connectivity index (χ1) is 15.1. The van der Waals surface area contributed by atoms with Gasteiger partial charge in [-0.3, -0.25) is 4.79 Å². The number of nitrogens with zero attached hydrogens (tertiary/aromatic N) is 3. The van der Waals surface area contributed by atoms with E-state index in [1.807, 2.05) is 23.7 Å². The summed E-state index contributed by atoms with van der Waals surface area (Å²) in [6, 6.07) is 8.17. The molecule has 1 aliphatic heterocycles. The number of rotatable bonds is 9. The number of fused-ring (bicyclic) bond motifs is 1. The van der Waals surface area contributed by atoms with E-state index in [-0.39, 0.29) is 12.3 Å². The van der Waals surface area contributed by atoms with Gasteiger partial charge in [0.05, 0.1) is 19.2 Å². The molecule has 0 aliphatic carbocycles. The maximum Gasteiger partial charge on any atom is 0.304 e. The number of pyridine rings is 2. The standard InChI is InChI=1S/C23H26N4O3S/c1-30-20-10-8-16(13-25-20)19(12-21(28)29)23-27-18(14-31-23)6-2-5-17-9-7-15-4-3-11-24-22(15)26-17/h3-4,8,10-11,13-14,17,19H,2,5-7,9,12H2,1H3,(H,24,26)(H,28,29)/t17-,19+/m0/s1. The van der Waals surface area contributed by atoms with E-state index in [0.717, 1.165) is 54.2 Å². The van der Waals surface area contributed by atoms with E-state index in [9.17, 15) is 9.90 Å². The lowest BCUT2D eigenvalue weighted by Crippen LogP contribution is -2.26. The van der Waals surface area contributed by atoms with E-state index in [1.54, 1.807) is 19.4 Å². The summed E-state index contributed by atoms with van der Waals surface area (Å²) in [6.45, 7) is 0. The lowest BCUT2D eigenvalue weighted by atomic mass is 9.96. The molecule has 0 amide bonds. The van der Waals surface area contributed by atoms with Crippen LogP contribution in [-0.4, -0.2) is 39.2 Å². The molecule has 4 heterocycles. The van der Waals surface area contributed by atoms with E-state index in [1.165, 1.54) is 16.9 Å². The summed E-state index contributed by atoms with van der Waals surface area (Å²) in [4.78, 5) is 24.9. The fraction of sp³-hybridized carbons (Fsp3) is 0.391. The van der Waals surface area contributed by atoms with E-state index in [2.05, 4.69) is 21.4 Å². The highest BCUT2D eigenvalue weighted by Gasteiger charge is 2.22. The third-order valence-electron chi connectivity index (χ3n) is 5.60. The molecule has 0 spiro atoms. The number of hydrogen-bond donors (Lipinski definition) is 2. The molecule has 3 aromatic heterocycles. The molecule has 0 aromatic carbocycles. The van der Waals surface area contributed by atoms with Crippen molar-refractivity contribution in [2.75, 3.05) is 12.4 Å². The SMILES string of the molecule is COc1ccc([C@@H](CC(=O)O)c2nc(CCC[C@H]3CCc4cccnc4N3)cs2)cn1. The third kappa shape index (κ3) is 5.38. The van der Waals surface area contributed by atoms with Crippen LogP contribution in [0.25, 0.3) is 0 Å². The van der Waals surface area contributed by atoms with E-state index >= 15 is 0 Å². The number of carbonyl (C=O) groups is 1. The molecule has 0 saturated heterocycles. The van der Waals surface area contributed by atoms with E-state index in [4.69, 9.17) is 9.72 Å². The van der Waals surface area contributed by atoms with E-state index < -0.39 is 5.97 Å². The van der Waals surface area contributed by atoms with Crippen LogP contribution in [0, 0.1) is 0 Å². The number of carboxylic acid groups (broad SMARTS) is 1. The zero-order valence-electron chi connectivity index (χ0n) is 17.5. The molecular formula is C23H26N4O3S. The Kier molecular flexibility index (Phi) is 6.76. The smallest absolute Gasteiger partial charge is 0.304 e. The molecule has 8 heteroatoms. The number of nitrogens with one attached hydrogen (secondary N) is 1. The number of anilines is 1. The highest BCUT2D eigenvalue weighted by Crippen LogP contribution is 2.31. The average Bonchev–Trinajstić information content (AvgIpc) is 3.26. The number of aryl methyl sites for hydroxylation is 2. The number of thiazole rings is 1. The summed E-state index contributed by atoms with van der Waals surface area (Å²) in [7, 11) is 1.56. The predicted octanol–water partition coefficient (Wildman–Crippen LogP) is 4.30. The van der Waals surface area contributed by atoms with Crippen LogP contribution in [0.4, 0.5) is 5.82 Å². The first-order valence-electron chi connectivity index (χ1n) is 10.5. The van der Waals surface area contributed by atoms with Crippen molar-refractivity contribution in [3.8, 4) is 5.88 Å². The lowest BCUT2D eigenvalue weighted by Gasteiger charge is -2.25. The Morgan fingerprint density at radius 3 is 3.03 bits per heavy atom. The van der Waals surface area contributed by atoms with Crippen LogP contribution in [-0.2, 0) is 17.6 Å². The number of ether oxygens (including phenoxy) is 1. The van der Waals surface area contributed by atoms with Crippen molar-refractivity contribution in [2.45, 2.75) is 50.5 Å². The highest BCUT2D eigenvalue weighted by atomic mass is 32.1. The minimum atomic E-state index is -0.852. The first-order valence-corrected chi connectivity index (χ1v) is 11.4. The van der Waals surface area contributed by atoms with Gasteiger partial charge in [0.1, 0.15) is 10.8 Å². The van der Waals surface area contributed by atoms with Gasteiger partial charge < -0.3 is 15.2 Å². The molecule has 0 fully saturated rings. The molecule has 1 aliphatic rings. The Morgan fingerprint density at radius 1 is 1.35 bits per heavy atom. The van der Waals surface area contributed by atoms with Crippen LogP contribution in [0.15, 0.2) is 42.0 Å². The molecule has 3 aromatic rings. The second-order valence-corrected chi connectivity index (χ2v) is 8.63. The summed E-state index contributed by atoms with van der Waals surface area (Å²) in [6.07, 6.45) is 8.63. The van der Waals surface area contributed by atoms with Crippen molar-refractivity contribution in [3.05, 3.63) is 63.9 Å². The molecule has 0 radical (unpaired) electrons. The molecule has 0 bridgehead atoms. The zero-order valence-corrected chi connectivity index (χ0v) is 18.3. The first kappa shape index (κ1) is 21.2. The number of aliphatic carboxylic acids is 1. The fourth-order valence-electron chi connectivity index (χ4n) is 3.95. The van der Waals surface area contributed by atoms with Gasteiger partial charge in [-0.15, -0.1) is 11.3 Å². The normalized spacial score (nSPS) is 16.2. The summed E-state index contributed by atoms with van der Waals surface area (Å²) in [5, 5.41) is 15.8. The highest BCUT2D eigenvalue weighted by molar-refractivity contribution is 7.09. The topological polar surface area (TPSA) is 97.2 Å².